The van der Waals surface area contributed by atoms with Gasteiger partial charge in [-0.1, -0.05) is 11.6 Å². The second-order valence-electron chi connectivity index (χ2n) is 6.52. The number of nitrogens with one attached hydrogen (secondary N) is 1. The average Bonchev–Trinajstić information content (AvgIpc) is 2.30. The first-order valence-electron chi connectivity index (χ1n) is 6.97. The van der Waals surface area contributed by atoms with Gasteiger partial charge >= 0.3 is 0 Å². The Bertz CT molecular complexity index is 439. The van der Waals surface area contributed by atoms with Gasteiger partial charge in [0, 0.05) is 17.9 Å². The van der Waals surface area contributed by atoms with Crippen molar-refractivity contribution in [1.29, 1.82) is 0 Å². The summed E-state index contributed by atoms with van der Waals surface area (Å²) in [7, 11) is 0. The lowest BCUT2D eigenvalue weighted by atomic mass is 9.53. The van der Waals surface area contributed by atoms with Crippen LogP contribution in [0.2, 0.25) is 5.15 Å². The van der Waals surface area contributed by atoms with Crippen molar-refractivity contribution in [1.82, 2.24) is 9.97 Å². The van der Waals surface area contributed by atoms with Crippen molar-refractivity contribution in [3.63, 3.8) is 0 Å². The Morgan fingerprint density at radius 3 is 2.11 bits per heavy atom. The van der Waals surface area contributed by atoms with Crippen LogP contribution in [-0.2, 0) is 0 Å². The zero-order valence-electron chi connectivity index (χ0n) is 10.4. The fourth-order valence-electron chi connectivity index (χ4n) is 4.92. The molecule has 1 aromatic heterocycles. The topological polar surface area (TPSA) is 37.8 Å². The third-order valence-electron chi connectivity index (χ3n) is 5.08. The maximum absolute atomic E-state index is 6.13. The highest BCUT2D eigenvalue weighted by Gasteiger charge is 2.51. The summed E-state index contributed by atoms with van der Waals surface area (Å²) in [6, 6.07) is 0. The Labute approximate surface area is 112 Å². The summed E-state index contributed by atoms with van der Waals surface area (Å²) < 4.78 is 0. The predicted octanol–water partition coefficient (Wildman–Crippen LogP) is 3.51. The van der Waals surface area contributed by atoms with Crippen LogP contribution in [0.3, 0.4) is 0 Å². The van der Waals surface area contributed by atoms with Gasteiger partial charge in [0.25, 0.3) is 0 Å². The SMILES string of the molecule is Clc1nccnc1NC12CC3CC(CC(C3)C1)C2. The smallest absolute Gasteiger partial charge is 0.171 e. The second-order valence-corrected chi connectivity index (χ2v) is 6.88. The number of aromatic nitrogens is 2. The molecule has 0 radical (unpaired) electrons. The molecule has 4 heteroatoms. The summed E-state index contributed by atoms with van der Waals surface area (Å²) >= 11 is 6.13. The molecule has 4 saturated carbocycles. The molecule has 0 spiro atoms. The lowest BCUT2D eigenvalue weighted by molar-refractivity contribution is 0.0105. The molecule has 3 nitrogen and oxygen atoms in total. The van der Waals surface area contributed by atoms with Crippen molar-refractivity contribution >= 4 is 17.4 Å². The molecule has 4 fully saturated rings. The van der Waals surface area contributed by atoms with Gasteiger partial charge in [-0.15, -0.1) is 0 Å². The molecule has 4 bridgehead atoms. The number of halogens is 1. The van der Waals surface area contributed by atoms with Crippen molar-refractivity contribution in [2.75, 3.05) is 5.32 Å². The Morgan fingerprint density at radius 2 is 1.56 bits per heavy atom. The molecule has 0 unspecified atom stereocenters. The van der Waals surface area contributed by atoms with E-state index >= 15 is 0 Å². The van der Waals surface area contributed by atoms with Crippen molar-refractivity contribution in [2.24, 2.45) is 17.8 Å². The van der Waals surface area contributed by atoms with Gasteiger partial charge in [0.1, 0.15) is 0 Å². The zero-order chi connectivity index (χ0) is 12.2. The third kappa shape index (κ3) is 1.71. The first-order chi connectivity index (χ1) is 8.72. The molecule has 0 aromatic carbocycles. The van der Waals surface area contributed by atoms with Crippen LogP contribution in [0.25, 0.3) is 0 Å². The van der Waals surface area contributed by atoms with Gasteiger partial charge in [0.15, 0.2) is 11.0 Å². The molecule has 0 saturated heterocycles. The van der Waals surface area contributed by atoms with Gasteiger partial charge in [-0.3, -0.25) is 0 Å². The molecule has 4 aliphatic carbocycles. The van der Waals surface area contributed by atoms with E-state index in [0.717, 1.165) is 23.6 Å². The summed E-state index contributed by atoms with van der Waals surface area (Å²) in [5, 5.41) is 4.16. The normalized spacial score (nSPS) is 41.1. The van der Waals surface area contributed by atoms with E-state index in [1.807, 2.05) is 0 Å². The van der Waals surface area contributed by atoms with E-state index in [-0.39, 0.29) is 5.54 Å². The number of hydrogen-bond donors (Lipinski definition) is 1. The van der Waals surface area contributed by atoms with Crippen LogP contribution < -0.4 is 5.32 Å². The molecular formula is C14H18ClN3. The van der Waals surface area contributed by atoms with E-state index in [4.69, 9.17) is 11.6 Å². The molecule has 0 amide bonds. The largest absolute Gasteiger partial charge is 0.362 e. The molecule has 1 N–H and O–H groups in total. The van der Waals surface area contributed by atoms with Crippen LogP contribution in [0.4, 0.5) is 5.82 Å². The van der Waals surface area contributed by atoms with Crippen molar-refractivity contribution in [3.8, 4) is 0 Å². The molecule has 4 aliphatic rings. The Hall–Kier alpha value is -0.830. The minimum Gasteiger partial charge on any atom is -0.362 e. The van der Waals surface area contributed by atoms with Gasteiger partial charge < -0.3 is 5.32 Å². The van der Waals surface area contributed by atoms with E-state index in [1.165, 1.54) is 38.5 Å². The predicted molar refractivity (Wildman–Crippen MR) is 71.6 cm³/mol. The van der Waals surface area contributed by atoms with Crippen LogP contribution >= 0.6 is 11.6 Å². The van der Waals surface area contributed by atoms with Crippen molar-refractivity contribution in [2.45, 2.75) is 44.1 Å². The number of hydrogen-bond acceptors (Lipinski definition) is 3. The Morgan fingerprint density at radius 1 is 1.00 bits per heavy atom. The van der Waals surface area contributed by atoms with Gasteiger partial charge in [-0.2, -0.15) is 0 Å². The third-order valence-corrected chi connectivity index (χ3v) is 5.35. The van der Waals surface area contributed by atoms with Crippen LogP contribution in [0.1, 0.15) is 38.5 Å². The van der Waals surface area contributed by atoms with E-state index in [0.29, 0.717) is 5.15 Å². The summed E-state index contributed by atoms with van der Waals surface area (Å²) in [5.41, 5.74) is 0.258. The number of rotatable bonds is 2. The van der Waals surface area contributed by atoms with E-state index in [1.54, 1.807) is 12.4 Å². The monoisotopic (exact) mass is 263 g/mol. The molecule has 18 heavy (non-hydrogen) atoms. The molecule has 1 heterocycles. The zero-order valence-corrected chi connectivity index (χ0v) is 11.2. The highest BCUT2D eigenvalue weighted by molar-refractivity contribution is 6.31. The molecule has 0 atom stereocenters. The molecular weight excluding hydrogens is 246 g/mol. The highest BCUT2D eigenvalue weighted by atomic mass is 35.5. The van der Waals surface area contributed by atoms with Crippen LogP contribution in [0.15, 0.2) is 12.4 Å². The van der Waals surface area contributed by atoms with E-state index < -0.39 is 0 Å². The summed E-state index contributed by atoms with van der Waals surface area (Å²) in [6.45, 7) is 0. The first kappa shape index (κ1) is 11.0. The standard InChI is InChI=1S/C14H18ClN3/c15-12-13(17-2-1-16-12)18-14-6-9-3-10(7-14)5-11(4-9)8-14/h1-2,9-11H,3-8H2,(H,17,18). The minimum atomic E-state index is 0.258. The van der Waals surface area contributed by atoms with Crippen molar-refractivity contribution in [3.05, 3.63) is 17.5 Å². The maximum Gasteiger partial charge on any atom is 0.171 e. The fourth-order valence-corrected chi connectivity index (χ4v) is 5.07. The maximum atomic E-state index is 6.13. The highest BCUT2D eigenvalue weighted by Crippen LogP contribution is 2.56. The molecule has 0 aliphatic heterocycles. The van der Waals surface area contributed by atoms with E-state index in [9.17, 15) is 0 Å². The van der Waals surface area contributed by atoms with E-state index in [2.05, 4.69) is 15.3 Å². The summed E-state index contributed by atoms with van der Waals surface area (Å²) in [4.78, 5) is 8.47. The van der Waals surface area contributed by atoms with Crippen molar-refractivity contribution < 1.29 is 0 Å². The lowest BCUT2D eigenvalue weighted by Crippen LogP contribution is -2.54. The van der Waals surface area contributed by atoms with Gasteiger partial charge in [-0.05, 0) is 56.3 Å². The second kappa shape index (κ2) is 3.83. The van der Waals surface area contributed by atoms with Crippen LogP contribution in [-0.4, -0.2) is 15.5 Å². The van der Waals surface area contributed by atoms with Gasteiger partial charge in [0.05, 0.1) is 0 Å². The first-order valence-corrected chi connectivity index (χ1v) is 7.35. The summed E-state index contributed by atoms with van der Waals surface area (Å²) in [5.74, 6) is 3.57. The van der Waals surface area contributed by atoms with Crippen LogP contribution in [0, 0.1) is 17.8 Å². The number of nitrogens with zero attached hydrogens (tertiary/aromatic N) is 2. The molecule has 5 rings (SSSR count). The Kier molecular flexibility index (Phi) is 2.35. The summed E-state index contributed by atoms with van der Waals surface area (Å²) in [6.07, 6.45) is 11.6. The quantitative estimate of drug-likeness (QED) is 0.887. The van der Waals surface area contributed by atoms with Crippen LogP contribution in [0.5, 0.6) is 0 Å². The minimum absolute atomic E-state index is 0.258. The molecule has 1 aromatic rings. The fraction of sp³-hybridized carbons (Fsp3) is 0.714. The molecule has 96 valence electrons. The number of anilines is 1. The average molecular weight is 264 g/mol. The Balaban J connectivity index is 1.63. The lowest BCUT2D eigenvalue weighted by Gasteiger charge is -2.57. The van der Waals surface area contributed by atoms with Gasteiger partial charge in [-0.25, -0.2) is 9.97 Å². The van der Waals surface area contributed by atoms with Gasteiger partial charge in [0.2, 0.25) is 0 Å².